The molecule has 2 fully saturated rings. The topological polar surface area (TPSA) is 40.6 Å². The van der Waals surface area contributed by atoms with Crippen molar-refractivity contribution < 1.29 is 9.59 Å². The summed E-state index contributed by atoms with van der Waals surface area (Å²) < 4.78 is 0.887. The Morgan fingerprint density at radius 2 is 1.69 bits per heavy atom. The third-order valence-corrected chi connectivity index (χ3v) is 6.21. The van der Waals surface area contributed by atoms with Crippen molar-refractivity contribution in [3.05, 3.63) is 75.9 Å². The lowest BCUT2D eigenvalue weighted by atomic mass is 10.00. The molecule has 1 saturated heterocycles. The second kappa shape index (κ2) is 6.09. The third-order valence-electron chi connectivity index (χ3n) is 5.49. The minimum absolute atomic E-state index is 0.0215. The lowest BCUT2D eigenvalue weighted by Crippen LogP contribution is -2.58. The van der Waals surface area contributed by atoms with E-state index in [1.54, 1.807) is 25.1 Å². The second-order valence-electron chi connectivity index (χ2n) is 6.87. The fraction of sp³-hybridized carbons (Fsp3) is 0.238. The highest BCUT2D eigenvalue weighted by atomic mass is 79.9. The Morgan fingerprint density at radius 3 is 2.38 bits per heavy atom. The van der Waals surface area contributed by atoms with Gasteiger partial charge in [-0.2, -0.15) is 0 Å². The number of halogens is 1. The second-order valence-corrected chi connectivity index (χ2v) is 7.73. The number of hydrogen-bond donors (Lipinski definition) is 0. The first-order valence-electron chi connectivity index (χ1n) is 8.54. The molecule has 0 bridgehead atoms. The fourth-order valence-corrected chi connectivity index (χ4v) is 4.28. The Bertz CT molecular complexity index is 925. The Hall–Kier alpha value is -2.40. The predicted molar refractivity (Wildman–Crippen MR) is 104 cm³/mol. The minimum atomic E-state index is -0.752. The lowest BCUT2D eigenvalue weighted by molar-refractivity contribution is -0.150. The van der Waals surface area contributed by atoms with Crippen LogP contribution in [0.15, 0.2) is 64.8 Å². The molecule has 1 aliphatic carbocycles. The maximum absolute atomic E-state index is 13.2. The van der Waals surface area contributed by atoms with Crippen LogP contribution in [0, 0.1) is 0 Å². The molecule has 2 unspecified atom stereocenters. The summed E-state index contributed by atoms with van der Waals surface area (Å²) in [6.07, 6.45) is 2.44. The SMILES string of the molecule is CN1C(=O)C2(CC2c2ccccc2)N(C)C(=O)C1=Cc1ccccc1Br. The zero-order valence-corrected chi connectivity index (χ0v) is 16.2. The van der Waals surface area contributed by atoms with E-state index in [1.807, 2.05) is 54.6 Å². The van der Waals surface area contributed by atoms with Crippen LogP contribution in [0.5, 0.6) is 0 Å². The number of carbonyl (C=O) groups is 2. The zero-order chi connectivity index (χ0) is 18.5. The average molecular weight is 411 g/mol. The number of likely N-dealkylation sites (N-methyl/N-ethyl adjacent to an activating group) is 2. The van der Waals surface area contributed by atoms with Crippen LogP contribution in [0.25, 0.3) is 6.08 Å². The number of carbonyl (C=O) groups excluding carboxylic acids is 2. The van der Waals surface area contributed by atoms with Crippen molar-refractivity contribution in [3.63, 3.8) is 0 Å². The fourth-order valence-electron chi connectivity index (χ4n) is 3.88. The van der Waals surface area contributed by atoms with Crippen molar-refractivity contribution in [2.24, 2.45) is 0 Å². The molecule has 2 aromatic rings. The van der Waals surface area contributed by atoms with Crippen molar-refractivity contribution in [1.82, 2.24) is 9.80 Å². The zero-order valence-electron chi connectivity index (χ0n) is 14.6. The summed E-state index contributed by atoms with van der Waals surface area (Å²) in [4.78, 5) is 29.4. The van der Waals surface area contributed by atoms with Crippen LogP contribution in [0.4, 0.5) is 0 Å². The molecule has 2 atom stereocenters. The highest BCUT2D eigenvalue weighted by molar-refractivity contribution is 9.10. The highest BCUT2D eigenvalue weighted by Crippen LogP contribution is 2.58. The van der Waals surface area contributed by atoms with E-state index in [2.05, 4.69) is 15.9 Å². The van der Waals surface area contributed by atoms with Gasteiger partial charge in [-0.15, -0.1) is 0 Å². The summed E-state index contributed by atoms with van der Waals surface area (Å²) >= 11 is 3.50. The van der Waals surface area contributed by atoms with E-state index in [0.29, 0.717) is 12.1 Å². The van der Waals surface area contributed by atoms with Crippen molar-refractivity contribution in [3.8, 4) is 0 Å². The van der Waals surface area contributed by atoms with Crippen molar-refractivity contribution in [2.45, 2.75) is 17.9 Å². The van der Waals surface area contributed by atoms with Gasteiger partial charge in [0.2, 0.25) is 0 Å². The molecule has 0 aromatic heterocycles. The van der Waals surface area contributed by atoms with E-state index in [4.69, 9.17) is 0 Å². The smallest absolute Gasteiger partial charge is 0.271 e. The quantitative estimate of drug-likeness (QED) is 0.708. The highest BCUT2D eigenvalue weighted by Gasteiger charge is 2.68. The molecular weight excluding hydrogens is 392 g/mol. The maximum atomic E-state index is 13.2. The minimum Gasteiger partial charge on any atom is -0.325 e. The number of nitrogens with zero attached hydrogens (tertiary/aromatic N) is 2. The van der Waals surface area contributed by atoms with E-state index < -0.39 is 5.54 Å². The van der Waals surface area contributed by atoms with Gasteiger partial charge in [0.05, 0.1) is 0 Å². The molecular formula is C21H19BrN2O2. The molecule has 2 aromatic carbocycles. The van der Waals surface area contributed by atoms with Crippen LogP contribution < -0.4 is 0 Å². The van der Waals surface area contributed by atoms with Gasteiger partial charge in [0, 0.05) is 24.5 Å². The molecule has 4 nitrogen and oxygen atoms in total. The standard InChI is InChI=1S/C21H19BrN2O2/c1-23-18(12-15-10-6-7-11-17(15)22)19(25)24(2)21(20(23)26)13-16(21)14-8-4-3-5-9-14/h3-12,16H,13H2,1-2H3. The summed E-state index contributed by atoms with van der Waals surface area (Å²) in [6, 6.07) is 17.6. The summed E-state index contributed by atoms with van der Waals surface area (Å²) in [5.41, 5.74) is 1.62. The number of benzene rings is 2. The average Bonchev–Trinajstić information content (AvgIpc) is 3.41. The summed E-state index contributed by atoms with van der Waals surface area (Å²) in [5, 5.41) is 0. The molecule has 26 heavy (non-hydrogen) atoms. The molecule has 2 aliphatic rings. The summed E-state index contributed by atoms with van der Waals surface area (Å²) in [5.74, 6) is -0.0920. The Morgan fingerprint density at radius 1 is 1.04 bits per heavy atom. The molecule has 2 amide bonds. The van der Waals surface area contributed by atoms with Gasteiger partial charge < -0.3 is 9.80 Å². The molecule has 132 valence electrons. The molecule has 5 heteroatoms. The van der Waals surface area contributed by atoms with Gasteiger partial charge in [0.25, 0.3) is 11.8 Å². The lowest BCUT2D eigenvalue weighted by Gasteiger charge is -2.39. The molecule has 1 aliphatic heterocycles. The van der Waals surface area contributed by atoms with Crippen molar-refractivity contribution in [2.75, 3.05) is 14.1 Å². The van der Waals surface area contributed by atoms with Gasteiger partial charge in [-0.3, -0.25) is 9.59 Å². The van der Waals surface area contributed by atoms with Gasteiger partial charge >= 0.3 is 0 Å². The Balaban J connectivity index is 1.71. The van der Waals surface area contributed by atoms with Crippen LogP contribution in [-0.4, -0.2) is 41.2 Å². The first-order chi connectivity index (χ1) is 12.5. The number of piperazine rings is 1. The van der Waals surface area contributed by atoms with Crippen LogP contribution in [0.3, 0.4) is 0 Å². The van der Waals surface area contributed by atoms with E-state index in [9.17, 15) is 9.59 Å². The normalized spacial score (nSPS) is 26.7. The first-order valence-corrected chi connectivity index (χ1v) is 9.33. The third kappa shape index (κ3) is 2.42. The molecule has 0 N–H and O–H groups in total. The molecule has 1 heterocycles. The Labute approximate surface area is 161 Å². The van der Waals surface area contributed by atoms with Gasteiger partial charge in [-0.1, -0.05) is 64.5 Å². The van der Waals surface area contributed by atoms with E-state index in [1.165, 1.54) is 4.90 Å². The maximum Gasteiger partial charge on any atom is 0.271 e. The molecule has 1 saturated carbocycles. The van der Waals surface area contributed by atoms with Gasteiger partial charge in [-0.05, 0) is 29.7 Å². The largest absolute Gasteiger partial charge is 0.325 e. The van der Waals surface area contributed by atoms with E-state index in [0.717, 1.165) is 15.6 Å². The summed E-state index contributed by atoms with van der Waals surface area (Å²) in [6.45, 7) is 0. The predicted octanol–water partition coefficient (Wildman–Crippen LogP) is 3.65. The number of rotatable bonds is 2. The first kappa shape index (κ1) is 17.0. The van der Waals surface area contributed by atoms with Gasteiger partial charge in [0.1, 0.15) is 11.2 Å². The van der Waals surface area contributed by atoms with Gasteiger partial charge in [-0.25, -0.2) is 0 Å². The number of amides is 2. The summed E-state index contributed by atoms with van der Waals surface area (Å²) in [7, 11) is 3.43. The van der Waals surface area contributed by atoms with Crippen LogP contribution in [0.2, 0.25) is 0 Å². The van der Waals surface area contributed by atoms with Crippen molar-refractivity contribution in [1.29, 1.82) is 0 Å². The molecule has 1 spiro atoms. The van der Waals surface area contributed by atoms with Gasteiger partial charge in [0.15, 0.2) is 0 Å². The van der Waals surface area contributed by atoms with Crippen molar-refractivity contribution >= 4 is 33.8 Å². The van der Waals surface area contributed by atoms with E-state index in [-0.39, 0.29) is 17.7 Å². The molecule has 4 rings (SSSR count). The van der Waals surface area contributed by atoms with Crippen LogP contribution in [0.1, 0.15) is 23.5 Å². The molecule has 0 radical (unpaired) electrons. The van der Waals surface area contributed by atoms with E-state index >= 15 is 0 Å². The number of hydrogen-bond acceptors (Lipinski definition) is 2. The van der Waals surface area contributed by atoms with Crippen LogP contribution >= 0.6 is 15.9 Å². The monoisotopic (exact) mass is 410 g/mol. The van der Waals surface area contributed by atoms with Crippen LogP contribution in [-0.2, 0) is 9.59 Å². The Kier molecular flexibility index (Phi) is 3.99.